The molecule has 0 aliphatic carbocycles. The number of nitrogens with zero attached hydrogens (tertiary/aromatic N) is 6. The molecule has 0 unspecified atom stereocenters. The van der Waals surface area contributed by atoms with Crippen LogP contribution >= 0.6 is 0 Å². The van der Waals surface area contributed by atoms with E-state index in [0.717, 1.165) is 55.1 Å². The predicted octanol–water partition coefficient (Wildman–Crippen LogP) is 9.07. The maximum absolute atomic E-state index is 7.67. The fourth-order valence-electron chi connectivity index (χ4n) is 5.69. The second-order valence-corrected chi connectivity index (χ2v) is 10.3. The average Bonchev–Trinajstić information content (AvgIpc) is 3.41. The molecule has 8 rings (SSSR count). The van der Waals surface area contributed by atoms with Gasteiger partial charge >= 0.3 is 0 Å². The maximum atomic E-state index is 7.67. The van der Waals surface area contributed by atoms with Crippen molar-refractivity contribution < 1.29 is 0 Å². The molecule has 6 nitrogen and oxygen atoms in total. The molecule has 0 fully saturated rings. The van der Waals surface area contributed by atoms with Gasteiger partial charge in [-0.3, -0.25) is 4.98 Å². The van der Waals surface area contributed by atoms with Crippen LogP contribution in [0.25, 0.3) is 77.4 Å². The highest BCUT2D eigenvalue weighted by molar-refractivity contribution is 6.12. The van der Waals surface area contributed by atoms with Crippen molar-refractivity contribution in [2.24, 2.45) is 0 Å². The summed E-state index contributed by atoms with van der Waals surface area (Å²) in [5, 5.41) is 3.06. The number of para-hydroxylation sites is 1. The molecule has 0 aliphatic rings. The molecular weight excluding hydrogens is 528 g/mol. The van der Waals surface area contributed by atoms with Crippen LogP contribution in [0.4, 0.5) is 5.69 Å². The van der Waals surface area contributed by atoms with Crippen LogP contribution in [0.2, 0.25) is 0 Å². The lowest BCUT2D eigenvalue weighted by molar-refractivity contribution is 1.07. The van der Waals surface area contributed by atoms with E-state index in [0.29, 0.717) is 23.2 Å². The number of rotatable bonds is 4. The Labute approximate surface area is 247 Å². The van der Waals surface area contributed by atoms with Gasteiger partial charge in [-0.05, 0) is 47.9 Å². The van der Waals surface area contributed by atoms with Crippen LogP contribution in [0.15, 0.2) is 134 Å². The van der Waals surface area contributed by atoms with E-state index >= 15 is 0 Å². The van der Waals surface area contributed by atoms with Gasteiger partial charge in [-0.25, -0.2) is 19.8 Å². The molecular formula is C37H22N6. The normalized spacial score (nSPS) is 11.2. The topological polar surface area (TPSA) is 60.9 Å². The first-order valence-electron chi connectivity index (χ1n) is 13.9. The summed E-state index contributed by atoms with van der Waals surface area (Å²) < 4.78 is 2.23. The third-order valence-electron chi connectivity index (χ3n) is 7.69. The van der Waals surface area contributed by atoms with E-state index in [4.69, 9.17) is 26.5 Å². The van der Waals surface area contributed by atoms with Gasteiger partial charge in [0.25, 0.3) is 0 Å². The van der Waals surface area contributed by atoms with Crippen molar-refractivity contribution in [1.29, 1.82) is 0 Å². The molecule has 5 aromatic carbocycles. The second kappa shape index (κ2) is 10.0. The monoisotopic (exact) mass is 550 g/mol. The van der Waals surface area contributed by atoms with Crippen LogP contribution in [0.3, 0.4) is 0 Å². The smallest absolute Gasteiger partial charge is 0.188 e. The van der Waals surface area contributed by atoms with E-state index in [9.17, 15) is 0 Å². The van der Waals surface area contributed by atoms with Gasteiger partial charge in [-0.15, -0.1) is 0 Å². The minimum Gasteiger partial charge on any atom is -0.307 e. The highest BCUT2D eigenvalue weighted by Gasteiger charge is 2.18. The first-order chi connectivity index (χ1) is 21.3. The molecule has 0 radical (unpaired) electrons. The minimum atomic E-state index is 0.587. The highest BCUT2D eigenvalue weighted by atomic mass is 15.0. The Kier molecular flexibility index (Phi) is 5.73. The molecule has 3 aromatic heterocycles. The quantitative estimate of drug-likeness (QED) is 0.205. The largest absolute Gasteiger partial charge is 0.307 e. The molecule has 0 N–H and O–H groups in total. The number of benzene rings is 5. The third-order valence-corrected chi connectivity index (χ3v) is 7.69. The summed E-state index contributed by atoms with van der Waals surface area (Å²) >= 11 is 0. The van der Waals surface area contributed by atoms with Gasteiger partial charge in [-0.1, -0.05) is 84.9 Å². The van der Waals surface area contributed by atoms with E-state index in [1.165, 1.54) is 0 Å². The van der Waals surface area contributed by atoms with Crippen LogP contribution < -0.4 is 0 Å². The molecule has 0 saturated carbocycles. The summed E-state index contributed by atoms with van der Waals surface area (Å²) in [4.78, 5) is 23.2. The van der Waals surface area contributed by atoms with Crippen LogP contribution in [0, 0.1) is 6.57 Å². The highest BCUT2D eigenvalue weighted by Crippen LogP contribution is 2.38. The summed E-state index contributed by atoms with van der Waals surface area (Å²) in [5.41, 5.74) is 7.22. The maximum Gasteiger partial charge on any atom is 0.188 e. The lowest BCUT2D eigenvalue weighted by Gasteiger charge is -2.11. The van der Waals surface area contributed by atoms with Crippen molar-refractivity contribution in [3.63, 3.8) is 0 Å². The fourth-order valence-corrected chi connectivity index (χ4v) is 5.69. The van der Waals surface area contributed by atoms with Crippen molar-refractivity contribution in [3.8, 4) is 39.9 Å². The van der Waals surface area contributed by atoms with Crippen LogP contribution in [0.5, 0.6) is 0 Å². The minimum absolute atomic E-state index is 0.587. The van der Waals surface area contributed by atoms with E-state index in [-0.39, 0.29) is 0 Å². The SMILES string of the molecule is [C-]#[N+]c1ccc2c(c1)c1cc(-c3nc(-c4ccccc4)nc(-c4ccccc4)n3)ccc1n2-c1cccc2cccnc12. The summed E-state index contributed by atoms with van der Waals surface area (Å²) in [6.07, 6.45) is 1.82. The Hall–Kier alpha value is -6.19. The molecule has 0 aliphatic heterocycles. The van der Waals surface area contributed by atoms with Crippen molar-refractivity contribution >= 4 is 38.4 Å². The number of hydrogen-bond acceptors (Lipinski definition) is 4. The van der Waals surface area contributed by atoms with Crippen LogP contribution in [0.1, 0.15) is 0 Å². The number of aromatic nitrogens is 5. The van der Waals surface area contributed by atoms with Gasteiger partial charge in [0.2, 0.25) is 0 Å². The Bertz CT molecular complexity index is 2290. The zero-order valence-electron chi connectivity index (χ0n) is 22.9. The predicted molar refractivity (Wildman–Crippen MR) is 172 cm³/mol. The zero-order chi connectivity index (χ0) is 28.8. The second-order valence-electron chi connectivity index (χ2n) is 10.3. The van der Waals surface area contributed by atoms with E-state index in [1.807, 2.05) is 91.1 Å². The first-order valence-corrected chi connectivity index (χ1v) is 13.9. The van der Waals surface area contributed by atoms with Crippen molar-refractivity contribution in [3.05, 3.63) is 145 Å². The molecule has 200 valence electrons. The van der Waals surface area contributed by atoms with Gasteiger partial charge in [-0.2, -0.15) is 0 Å². The van der Waals surface area contributed by atoms with Crippen LogP contribution in [-0.2, 0) is 0 Å². The molecule has 0 saturated heterocycles. The molecule has 6 heteroatoms. The Morgan fingerprint density at radius 3 is 1.81 bits per heavy atom. The Morgan fingerprint density at radius 2 is 1.14 bits per heavy atom. The van der Waals surface area contributed by atoms with Crippen molar-refractivity contribution in [2.75, 3.05) is 0 Å². The summed E-state index contributed by atoms with van der Waals surface area (Å²) in [5.74, 6) is 1.82. The van der Waals surface area contributed by atoms with Crippen molar-refractivity contribution in [1.82, 2.24) is 24.5 Å². The summed E-state index contributed by atoms with van der Waals surface area (Å²) in [7, 11) is 0. The Balaban J connectivity index is 1.40. The summed E-state index contributed by atoms with van der Waals surface area (Å²) in [6, 6.07) is 42.3. The lowest BCUT2D eigenvalue weighted by Crippen LogP contribution is -2.00. The summed E-state index contributed by atoms with van der Waals surface area (Å²) in [6.45, 7) is 7.67. The van der Waals surface area contributed by atoms with E-state index in [1.54, 1.807) is 0 Å². The number of hydrogen-bond donors (Lipinski definition) is 0. The van der Waals surface area contributed by atoms with Crippen molar-refractivity contribution in [2.45, 2.75) is 0 Å². The first kappa shape index (κ1) is 24.6. The van der Waals surface area contributed by atoms with Gasteiger partial charge in [0.1, 0.15) is 0 Å². The average molecular weight is 551 g/mol. The molecule has 8 aromatic rings. The number of fused-ring (bicyclic) bond motifs is 4. The van der Waals surface area contributed by atoms with Gasteiger partial charge in [0, 0.05) is 33.7 Å². The van der Waals surface area contributed by atoms with Crippen LogP contribution in [-0.4, -0.2) is 24.5 Å². The lowest BCUT2D eigenvalue weighted by atomic mass is 10.1. The van der Waals surface area contributed by atoms with E-state index in [2.05, 4.69) is 51.9 Å². The van der Waals surface area contributed by atoms with Gasteiger partial charge in [0.05, 0.1) is 28.8 Å². The fraction of sp³-hybridized carbons (Fsp3) is 0. The molecule has 0 atom stereocenters. The Morgan fingerprint density at radius 1 is 0.535 bits per heavy atom. The molecule has 0 amide bonds. The molecule has 43 heavy (non-hydrogen) atoms. The molecule has 0 spiro atoms. The van der Waals surface area contributed by atoms with Gasteiger partial charge in [0.15, 0.2) is 23.2 Å². The molecule has 0 bridgehead atoms. The van der Waals surface area contributed by atoms with E-state index < -0.39 is 0 Å². The third kappa shape index (κ3) is 4.19. The standard InChI is InChI=1S/C37H22N6/c1-38-28-18-20-32-30(23-28)29-22-27(17-19-31(29)43(32)33-16-8-14-24-15-9-21-39-34(24)33)37-41-35(25-10-4-2-5-11-25)40-36(42-37)26-12-6-3-7-13-26/h2-23H. The number of pyridine rings is 1. The van der Waals surface area contributed by atoms with Gasteiger partial charge < -0.3 is 4.57 Å². The zero-order valence-corrected chi connectivity index (χ0v) is 22.9. The molecule has 3 heterocycles.